The monoisotopic (exact) mass is 1340 g/mol. The zero-order chi connectivity index (χ0) is 69.1. The van der Waals surface area contributed by atoms with Crippen LogP contribution in [-0.4, -0.2) is 53.1 Å². The molecule has 4 N–H and O–H groups in total. The molecule has 0 saturated heterocycles. The van der Waals surface area contributed by atoms with E-state index in [2.05, 4.69) is 348 Å². The fraction of sp³-hybridized carbons (Fsp3) is 0.0638. The molecule has 0 aliphatic carbocycles. The van der Waals surface area contributed by atoms with Crippen LogP contribution in [0.1, 0.15) is 71.2 Å². The summed E-state index contributed by atoms with van der Waals surface area (Å²) < 4.78 is 12.9. The molecule has 8 aromatic carbocycles. The number of unbranched alkanes of at least 4 members (excludes halogenated alkanes) is 3. The first kappa shape index (κ1) is 62.8. The molecule has 0 fully saturated rings. The minimum atomic E-state index is 0.607. The van der Waals surface area contributed by atoms with Gasteiger partial charge in [0, 0.05) is 88.6 Å². The van der Waals surface area contributed by atoms with Crippen molar-refractivity contribution >= 4 is 92.7 Å². The predicted molar refractivity (Wildman–Crippen MR) is 431 cm³/mol. The van der Waals surface area contributed by atoms with Crippen LogP contribution in [0.4, 0.5) is 0 Å². The number of nitrogens with zero attached hydrogens (tertiary/aromatic N) is 4. The van der Waals surface area contributed by atoms with Gasteiger partial charge in [0.25, 0.3) is 0 Å². The van der Waals surface area contributed by atoms with E-state index in [4.69, 9.17) is 29.4 Å². The van der Waals surface area contributed by atoms with Gasteiger partial charge in [0.05, 0.1) is 58.8 Å². The number of benzene rings is 8. The topological polar surface area (TPSA) is 133 Å². The zero-order valence-electron chi connectivity index (χ0n) is 57.0. The largest absolute Gasteiger partial charge is 0.494 e. The standard InChI is InChI=1S/C94H70N8O2/c1(21-59-103-69-39-35-67(36-40-69)93-83-55-51-79(99-83)89(63-27-13-5-14-28-63)75-47-43-71(95-75)87(61-23-9-3-10-24-61)72-44-48-76(96-72)90(64-29-15-6-16-30-64)80-52-56-84(93)100-80)2-22-60-104-70-41-37-68(38-42-70)94-85-57-53-81(101-85)91(65-31-17-7-18-32-65)77-49-45-73(97-77)88(62-25-11-4-12-26-62)74-46-50-78(98-74)92(66-33-19-8-20-34-66)82-54-58-86(94)102-82/h3-20,23-58,95,97,100,102H,1-2,21-22,59-60H2. The number of hydrogen-bond donors (Lipinski definition) is 4. The van der Waals surface area contributed by atoms with Crippen molar-refractivity contribution in [3.63, 3.8) is 0 Å². The van der Waals surface area contributed by atoms with Crippen molar-refractivity contribution in [2.45, 2.75) is 25.7 Å². The van der Waals surface area contributed by atoms with Crippen LogP contribution >= 0.6 is 0 Å². The van der Waals surface area contributed by atoms with Crippen LogP contribution in [0.5, 0.6) is 11.5 Å². The van der Waals surface area contributed by atoms with Crippen LogP contribution in [0.3, 0.4) is 0 Å². The number of H-pyrrole nitrogens is 4. The first-order valence-corrected chi connectivity index (χ1v) is 35.7. The minimum absolute atomic E-state index is 0.607. The van der Waals surface area contributed by atoms with Gasteiger partial charge >= 0.3 is 0 Å². The molecule has 14 aromatic rings. The molecule has 0 radical (unpaired) electrons. The van der Waals surface area contributed by atoms with Crippen molar-refractivity contribution in [3.8, 4) is 101 Å². The Labute approximate surface area is 602 Å². The van der Waals surface area contributed by atoms with Crippen molar-refractivity contribution in [1.29, 1.82) is 0 Å². The van der Waals surface area contributed by atoms with Gasteiger partial charge in [-0.15, -0.1) is 0 Å². The summed E-state index contributed by atoms with van der Waals surface area (Å²) in [5, 5.41) is 0. The fourth-order valence-electron chi connectivity index (χ4n) is 14.8. The lowest BCUT2D eigenvalue weighted by molar-refractivity contribution is 0.287. The first-order valence-electron chi connectivity index (χ1n) is 35.7. The van der Waals surface area contributed by atoms with Gasteiger partial charge in [-0.05, 0) is 192 Å². The molecule has 16 bridgehead atoms. The molecule has 0 saturated carbocycles. The molecule has 6 aromatic heterocycles. The van der Waals surface area contributed by atoms with E-state index in [1.165, 1.54) is 0 Å². The second-order valence-corrected chi connectivity index (χ2v) is 26.4. The summed E-state index contributed by atoms with van der Waals surface area (Å²) >= 11 is 0. The van der Waals surface area contributed by atoms with Crippen molar-refractivity contribution in [2.24, 2.45) is 0 Å². The van der Waals surface area contributed by atoms with E-state index in [1.807, 2.05) is 0 Å². The maximum atomic E-state index is 6.45. The van der Waals surface area contributed by atoms with Gasteiger partial charge < -0.3 is 29.4 Å². The number of hydrogen-bond acceptors (Lipinski definition) is 6. The lowest BCUT2D eigenvalue weighted by Crippen LogP contribution is -2.00. The van der Waals surface area contributed by atoms with Crippen LogP contribution in [0, 0.1) is 0 Å². The maximum Gasteiger partial charge on any atom is 0.119 e. The summed E-state index contributed by atoms with van der Waals surface area (Å²) in [5.41, 5.74) is 31.1. The van der Waals surface area contributed by atoms with Crippen LogP contribution < -0.4 is 9.47 Å². The molecule has 4 aliphatic heterocycles. The quantitative estimate of drug-likeness (QED) is 0.0671. The van der Waals surface area contributed by atoms with Gasteiger partial charge in [0.2, 0.25) is 0 Å². The summed E-state index contributed by atoms with van der Waals surface area (Å²) in [6.45, 7) is 1.21. The van der Waals surface area contributed by atoms with E-state index in [-0.39, 0.29) is 0 Å². The summed E-state index contributed by atoms with van der Waals surface area (Å²) in [6, 6.07) is 97.4. The molecule has 0 spiro atoms. The Hall–Kier alpha value is -13.4. The smallest absolute Gasteiger partial charge is 0.119 e. The highest BCUT2D eigenvalue weighted by Crippen LogP contribution is 2.42. The Kier molecular flexibility index (Phi) is 16.9. The number of rotatable bonds is 17. The zero-order valence-corrected chi connectivity index (χ0v) is 57.0. The highest BCUT2D eigenvalue weighted by atomic mass is 16.5. The van der Waals surface area contributed by atoms with Gasteiger partial charge in [-0.2, -0.15) is 0 Å². The molecule has 10 heterocycles. The van der Waals surface area contributed by atoms with Crippen LogP contribution in [0.25, 0.3) is 182 Å². The van der Waals surface area contributed by atoms with Crippen LogP contribution in [0.15, 0.2) is 279 Å². The SMILES string of the molecule is C1=Cc2nc1c(-c1ccccc1)c1ccc([nH]1)c(-c1ccccc1)c1nc(c(-c3ccc(OCCCCCCOc4ccc(-c5c6nc(c(-c7ccccc7)c7ccc([nH]7)c(-c7ccccc7)c7nc(c(-c8ccccc8)c8ccc5[nH]8)C=C7)C=C6)cc4)cc3)c3ccc([nH]3)c2-c2ccccc2)C=C1. The van der Waals surface area contributed by atoms with E-state index in [0.29, 0.717) is 13.2 Å². The van der Waals surface area contributed by atoms with Crippen LogP contribution in [-0.2, 0) is 0 Å². The number of ether oxygens (including phenoxy) is 2. The van der Waals surface area contributed by atoms with Crippen molar-refractivity contribution in [3.05, 3.63) is 325 Å². The molecule has 498 valence electrons. The molecule has 10 nitrogen and oxygen atoms in total. The van der Waals surface area contributed by atoms with E-state index in [9.17, 15) is 0 Å². The second kappa shape index (κ2) is 27.9. The van der Waals surface area contributed by atoms with Crippen LogP contribution in [0.2, 0.25) is 0 Å². The van der Waals surface area contributed by atoms with E-state index >= 15 is 0 Å². The summed E-state index contributed by atoms with van der Waals surface area (Å²) in [7, 11) is 0. The molecule has 0 unspecified atom stereocenters. The van der Waals surface area contributed by atoms with E-state index in [0.717, 1.165) is 216 Å². The number of aromatic nitrogens is 8. The first-order chi connectivity index (χ1) is 51.5. The Morgan fingerprint density at radius 3 is 0.538 bits per heavy atom. The van der Waals surface area contributed by atoms with Gasteiger partial charge in [0.1, 0.15) is 11.5 Å². The lowest BCUT2D eigenvalue weighted by atomic mass is 10.0. The average molecular weight is 1340 g/mol. The van der Waals surface area contributed by atoms with E-state index in [1.54, 1.807) is 0 Å². The molecule has 0 atom stereocenters. The summed E-state index contributed by atoms with van der Waals surface area (Å²) in [6.07, 6.45) is 21.0. The van der Waals surface area contributed by atoms with Crippen molar-refractivity contribution in [1.82, 2.24) is 39.9 Å². The minimum Gasteiger partial charge on any atom is -0.494 e. The third-order valence-corrected chi connectivity index (χ3v) is 19.7. The Morgan fingerprint density at radius 2 is 0.356 bits per heavy atom. The third-order valence-electron chi connectivity index (χ3n) is 19.7. The Morgan fingerprint density at radius 1 is 0.183 bits per heavy atom. The second-order valence-electron chi connectivity index (χ2n) is 26.4. The summed E-state index contributed by atoms with van der Waals surface area (Å²) in [4.78, 5) is 37.4. The Bertz CT molecular complexity index is 5600. The van der Waals surface area contributed by atoms with E-state index < -0.39 is 0 Å². The van der Waals surface area contributed by atoms with Gasteiger partial charge in [-0.3, -0.25) is 0 Å². The Balaban J connectivity index is 0.598. The van der Waals surface area contributed by atoms with Crippen molar-refractivity contribution in [2.75, 3.05) is 13.2 Å². The van der Waals surface area contributed by atoms with Gasteiger partial charge in [-0.1, -0.05) is 206 Å². The predicted octanol–water partition coefficient (Wildman–Crippen LogP) is 24.0. The van der Waals surface area contributed by atoms with Gasteiger partial charge in [-0.25, -0.2) is 19.9 Å². The number of fused-ring (bicyclic) bond motifs is 16. The molecule has 0 amide bonds. The molecule has 18 rings (SSSR count). The summed E-state index contributed by atoms with van der Waals surface area (Å²) in [5.74, 6) is 1.64. The lowest BCUT2D eigenvalue weighted by Gasteiger charge is -2.10. The maximum absolute atomic E-state index is 6.45. The highest BCUT2D eigenvalue weighted by Gasteiger charge is 2.23. The normalized spacial score (nSPS) is 12.1. The molecular formula is C94H70N8O2. The fourth-order valence-corrected chi connectivity index (χ4v) is 14.8. The third kappa shape index (κ3) is 12.4. The molecule has 4 aliphatic rings. The molecule has 104 heavy (non-hydrogen) atoms. The van der Waals surface area contributed by atoms with Gasteiger partial charge in [0.15, 0.2) is 0 Å². The molecule has 10 heteroatoms. The average Bonchev–Trinajstić information content (AvgIpc) is 1.50. The highest BCUT2D eigenvalue weighted by molar-refractivity contribution is 6.03. The van der Waals surface area contributed by atoms with Crippen molar-refractivity contribution < 1.29 is 9.47 Å². The number of aromatic amines is 4. The molecular weight excluding hydrogens is 1270 g/mol. The number of nitrogens with one attached hydrogen (secondary N) is 4.